The number of rotatable bonds is 3. The van der Waals surface area contributed by atoms with Crippen LogP contribution in [0.3, 0.4) is 0 Å². The van der Waals surface area contributed by atoms with Crippen LogP contribution in [0.15, 0.2) is 30.6 Å². The number of nitrogens with zero attached hydrogens (tertiary/aromatic N) is 2. The van der Waals surface area contributed by atoms with Crippen LogP contribution in [0.4, 0.5) is 4.39 Å². The van der Waals surface area contributed by atoms with E-state index in [-0.39, 0.29) is 18.5 Å². The van der Waals surface area contributed by atoms with Gasteiger partial charge in [0.05, 0.1) is 6.54 Å². The van der Waals surface area contributed by atoms with Crippen molar-refractivity contribution in [3.05, 3.63) is 47.8 Å². The Morgan fingerprint density at radius 1 is 1.50 bits per heavy atom. The molecule has 2 aromatic rings. The molecule has 1 aliphatic rings. The highest BCUT2D eigenvalue weighted by Crippen LogP contribution is 2.29. The number of benzene rings is 1. The topological polar surface area (TPSA) is 47.3 Å². The van der Waals surface area contributed by atoms with E-state index in [0.29, 0.717) is 18.8 Å². The predicted octanol–water partition coefficient (Wildman–Crippen LogP) is 1.52. The average Bonchev–Trinajstić information content (AvgIpc) is 2.94. The number of hydrogen-bond acceptors (Lipinski definition) is 3. The lowest BCUT2D eigenvalue weighted by atomic mass is 10.1. The third kappa shape index (κ3) is 1.97. The lowest BCUT2D eigenvalue weighted by Gasteiger charge is -2.12. The van der Waals surface area contributed by atoms with E-state index in [9.17, 15) is 4.39 Å². The van der Waals surface area contributed by atoms with E-state index in [1.807, 2.05) is 4.57 Å². The van der Waals surface area contributed by atoms with Crippen molar-refractivity contribution in [2.75, 3.05) is 0 Å². The van der Waals surface area contributed by atoms with Crippen molar-refractivity contribution < 1.29 is 14.2 Å². The van der Waals surface area contributed by atoms with E-state index in [0.717, 1.165) is 11.3 Å². The molecule has 18 heavy (non-hydrogen) atoms. The van der Waals surface area contributed by atoms with Gasteiger partial charge in [-0.3, -0.25) is 0 Å². The standard InChI is InChI=1S/C13H13FN2O2/c14-10-1-2-12-9(5-10)6-11(18-12)7-16-4-3-15-13(16)8-17/h1-5,11,17H,6-8H2. The van der Waals surface area contributed by atoms with Gasteiger partial charge in [-0.05, 0) is 18.2 Å². The predicted molar refractivity (Wildman–Crippen MR) is 62.7 cm³/mol. The Bertz CT molecular complexity index is 568. The molecule has 5 heteroatoms. The summed E-state index contributed by atoms with van der Waals surface area (Å²) in [5, 5.41) is 9.12. The Labute approximate surface area is 104 Å². The van der Waals surface area contributed by atoms with Crippen molar-refractivity contribution in [3.63, 3.8) is 0 Å². The minimum absolute atomic E-state index is 0.0405. The van der Waals surface area contributed by atoms with E-state index in [1.54, 1.807) is 18.5 Å². The Kier molecular flexibility index (Phi) is 2.76. The molecule has 94 valence electrons. The van der Waals surface area contributed by atoms with Gasteiger partial charge in [0.25, 0.3) is 0 Å². The van der Waals surface area contributed by atoms with Crippen LogP contribution < -0.4 is 4.74 Å². The summed E-state index contributed by atoms with van der Waals surface area (Å²) in [6.45, 7) is 0.507. The van der Waals surface area contributed by atoms with Crippen LogP contribution in [0.2, 0.25) is 0 Å². The first-order valence-corrected chi connectivity index (χ1v) is 5.82. The van der Waals surface area contributed by atoms with Gasteiger partial charge in [-0.2, -0.15) is 0 Å². The van der Waals surface area contributed by atoms with Gasteiger partial charge in [-0.1, -0.05) is 0 Å². The molecule has 0 spiro atoms. The Morgan fingerprint density at radius 2 is 2.39 bits per heavy atom. The zero-order chi connectivity index (χ0) is 12.5. The molecular formula is C13H13FN2O2. The van der Waals surface area contributed by atoms with Crippen LogP contribution in [0.1, 0.15) is 11.4 Å². The Morgan fingerprint density at radius 3 is 3.22 bits per heavy atom. The van der Waals surface area contributed by atoms with Crippen molar-refractivity contribution >= 4 is 0 Å². The number of aliphatic hydroxyl groups is 1. The minimum Gasteiger partial charge on any atom is -0.488 e. The van der Waals surface area contributed by atoms with Gasteiger partial charge in [0.15, 0.2) is 0 Å². The van der Waals surface area contributed by atoms with E-state index in [2.05, 4.69) is 4.98 Å². The molecule has 0 amide bonds. The smallest absolute Gasteiger partial charge is 0.134 e. The fourth-order valence-corrected chi connectivity index (χ4v) is 2.27. The van der Waals surface area contributed by atoms with Gasteiger partial charge >= 0.3 is 0 Å². The molecule has 0 bridgehead atoms. The number of aromatic nitrogens is 2. The number of ether oxygens (including phenoxy) is 1. The molecule has 0 saturated heterocycles. The second-order valence-corrected chi connectivity index (χ2v) is 4.35. The monoisotopic (exact) mass is 248 g/mol. The highest BCUT2D eigenvalue weighted by atomic mass is 19.1. The SMILES string of the molecule is OCc1nccn1CC1Cc2cc(F)ccc2O1. The lowest BCUT2D eigenvalue weighted by molar-refractivity contribution is 0.200. The number of aliphatic hydroxyl groups excluding tert-OH is 1. The molecule has 0 fully saturated rings. The number of imidazole rings is 1. The molecule has 3 rings (SSSR count). The second kappa shape index (κ2) is 4.42. The average molecular weight is 248 g/mol. The van der Waals surface area contributed by atoms with Crippen LogP contribution in [0.25, 0.3) is 0 Å². The van der Waals surface area contributed by atoms with Crippen LogP contribution in [0.5, 0.6) is 5.75 Å². The molecule has 0 radical (unpaired) electrons. The van der Waals surface area contributed by atoms with Crippen LogP contribution in [0, 0.1) is 5.82 Å². The lowest BCUT2D eigenvalue weighted by Crippen LogP contribution is -2.21. The summed E-state index contributed by atoms with van der Waals surface area (Å²) >= 11 is 0. The third-order valence-electron chi connectivity index (χ3n) is 3.11. The maximum absolute atomic E-state index is 13.1. The van der Waals surface area contributed by atoms with E-state index in [1.165, 1.54) is 12.1 Å². The fraction of sp³-hybridized carbons (Fsp3) is 0.308. The number of hydrogen-bond donors (Lipinski definition) is 1. The molecule has 1 aromatic carbocycles. The number of halogens is 1. The van der Waals surface area contributed by atoms with Crippen molar-refractivity contribution in [2.24, 2.45) is 0 Å². The summed E-state index contributed by atoms with van der Waals surface area (Å²) in [6, 6.07) is 4.57. The maximum Gasteiger partial charge on any atom is 0.134 e. The maximum atomic E-state index is 13.1. The van der Waals surface area contributed by atoms with Crippen molar-refractivity contribution in [2.45, 2.75) is 25.7 Å². The van der Waals surface area contributed by atoms with Crippen LogP contribution in [-0.4, -0.2) is 20.8 Å². The quantitative estimate of drug-likeness (QED) is 0.895. The van der Waals surface area contributed by atoms with E-state index in [4.69, 9.17) is 9.84 Å². The van der Waals surface area contributed by atoms with Crippen LogP contribution in [-0.2, 0) is 19.6 Å². The van der Waals surface area contributed by atoms with Gasteiger partial charge in [0, 0.05) is 24.4 Å². The molecule has 4 nitrogen and oxygen atoms in total. The summed E-state index contributed by atoms with van der Waals surface area (Å²) in [5.74, 6) is 1.12. The van der Waals surface area contributed by atoms with Crippen LogP contribution >= 0.6 is 0 Å². The molecule has 1 aliphatic heterocycles. The molecule has 1 atom stereocenters. The van der Waals surface area contributed by atoms with Gasteiger partial charge in [0.1, 0.15) is 30.1 Å². The molecule has 1 N–H and O–H groups in total. The fourth-order valence-electron chi connectivity index (χ4n) is 2.27. The summed E-state index contributed by atoms with van der Waals surface area (Å²) in [4.78, 5) is 4.04. The highest BCUT2D eigenvalue weighted by Gasteiger charge is 2.24. The van der Waals surface area contributed by atoms with Gasteiger partial charge in [-0.15, -0.1) is 0 Å². The Balaban J connectivity index is 1.75. The van der Waals surface area contributed by atoms with Crippen molar-refractivity contribution in [1.82, 2.24) is 9.55 Å². The van der Waals surface area contributed by atoms with E-state index >= 15 is 0 Å². The first-order chi connectivity index (χ1) is 8.76. The molecular weight excluding hydrogens is 235 g/mol. The largest absolute Gasteiger partial charge is 0.488 e. The van der Waals surface area contributed by atoms with Crippen molar-refractivity contribution in [3.8, 4) is 5.75 Å². The molecule has 2 heterocycles. The van der Waals surface area contributed by atoms with Gasteiger partial charge in [0.2, 0.25) is 0 Å². The first kappa shape index (κ1) is 11.2. The molecule has 0 aliphatic carbocycles. The second-order valence-electron chi connectivity index (χ2n) is 4.35. The summed E-state index contributed by atoms with van der Waals surface area (Å²) < 4.78 is 20.7. The molecule has 1 unspecified atom stereocenters. The first-order valence-electron chi connectivity index (χ1n) is 5.82. The summed E-state index contributed by atoms with van der Waals surface area (Å²) in [5.41, 5.74) is 0.894. The zero-order valence-electron chi connectivity index (χ0n) is 9.71. The number of fused-ring (bicyclic) bond motifs is 1. The van der Waals surface area contributed by atoms with E-state index < -0.39 is 0 Å². The van der Waals surface area contributed by atoms with Crippen molar-refractivity contribution in [1.29, 1.82) is 0 Å². The van der Waals surface area contributed by atoms with Gasteiger partial charge < -0.3 is 14.4 Å². The zero-order valence-corrected chi connectivity index (χ0v) is 9.71. The normalized spacial score (nSPS) is 17.6. The minimum atomic E-state index is -0.239. The highest BCUT2D eigenvalue weighted by molar-refractivity contribution is 5.37. The third-order valence-corrected chi connectivity index (χ3v) is 3.11. The summed E-state index contributed by atoms with van der Waals surface area (Å²) in [6.07, 6.45) is 4.09. The molecule has 0 saturated carbocycles. The summed E-state index contributed by atoms with van der Waals surface area (Å²) in [7, 11) is 0. The molecule has 1 aromatic heterocycles. The van der Waals surface area contributed by atoms with Gasteiger partial charge in [-0.25, -0.2) is 9.37 Å². The Hall–Kier alpha value is -1.88.